The summed E-state index contributed by atoms with van der Waals surface area (Å²) in [6.07, 6.45) is 0. The van der Waals surface area contributed by atoms with E-state index in [2.05, 4.69) is 23.8 Å². The molecular weight excluding hydrogens is 252 g/mol. The Kier molecular flexibility index (Phi) is 4.78. The number of hydrogen-bond acceptors (Lipinski definition) is 4. The molecule has 1 fully saturated rings. The van der Waals surface area contributed by atoms with E-state index in [1.807, 2.05) is 31.2 Å². The van der Waals surface area contributed by atoms with E-state index in [0.29, 0.717) is 6.04 Å². The summed E-state index contributed by atoms with van der Waals surface area (Å²) in [4.78, 5) is 17.1. The zero-order valence-electron chi connectivity index (χ0n) is 12.8. The first-order chi connectivity index (χ1) is 9.52. The van der Waals surface area contributed by atoms with E-state index >= 15 is 0 Å². The van der Waals surface area contributed by atoms with E-state index < -0.39 is 0 Å². The van der Waals surface area contributed by atoms with Gasteiger partial charge in [-0.1, -0.05) is 0 Å². The number of hydrogen-bond donors (Lipinski definition) is 0. The molecule has 0 aromatic heterocycles. The molecule has 2 unspecified atom stereocenters. The normalized spacial score (nSPS) is 22.5. The van der Waals surface area contributed by atoms with Crippen LogP contribution in [0, 0.1) is 0 Å². The molecule has 1 saturated heterocycles. The molecule has 0 saturated carbocycles. The fraction of sp³-hybridized carbons (Fsp3) is 0.562. The molecule has 0 amide bonds. The van der Waals surface area contributed by atoms with E-state index in [9.17, 15) is 4.79 Å². The molecule has 0 bridgehead atoms. The Bertz CT molecular complexity index is 458. The summed E-state index contributed by atoms with van der Waals surface area (Å²) in [5, 5.41) is 0. The number of nitrogens with zero attached hydrogens (tertiary/aromatic N) is 2. The van der Waals surface area contributed by atoms with Crippen molar-refractivity contribution in [3.05, 3.63) is 29.8 Å². The summed E-state index contributed by atoms with van der Waals surface area (Å²) in [6, 6.07) is 7.79. The van der Waals surface area contributed by atoms with Gasteiger partial charge in [0.05, 0.1) is 13.2 Å². The first-order valence-electron chi connectivity index (χ1n) is 7.15. The number of ketones is 1. The number of likely N-dealkylation sites (N-methyl/N-ethyl adjacent to an activating group) is 1. The molecule has 1 aliphatic heterocycles. The third kappa shape index (κ3) is 3.19. The Morgan fingerprint density at radius 2 is 1.95 bits per heavy atom. The Morgan fingerprint density at radius 1 is 1.30 bits per heavy atom. The zero-order chi connectivity index (χ0) is 14.7. The number of carbonyl (C=O) groups is 1. The Labute approximate surface area is 121 Å². The number of ether oxygens (including phenoxy) is 1. The highest BCUT2D eigenvalue weighted by molar-refractivity contribution is 5.99. The first kappa shape index (κ1) is 15.0. The highest BCUT2D eigenvalue weighted by Crippen LogP contribution is 2.17. The van der Waals surface area contributed by atoms with Gasteiger partial charge >= 0.3 is 0 Å². The molecule has 1 heterocycles. The predicted molar refractivity (Wildman–Crippen MR) is 80.5 cm³/mol. The summed E-state index contributed by atoms with van der Waals surface area (Å²) >= 11 is 0. The van der Waals surface area contributed by atoms with Crippen LogP contribution >= 0.6 is 0 Å². The minimum Gasteiger partial charge on any atom is -0.497 e. The smallest absolute Gasteiger partial charge is 0.179 e. The van der Waals surface area contributed by atoms with E-state index in [0.717, 1.165) is 30.9 Å². The van der Waals surface area contributed by atoms with Gasteiger partial charge in [-0.15, -0.1) is 0 Å². The molecule has 2 rings (SSSR count). The predicted octanol–water partition coefficient (Wildman–Crippen LogP) is 1.90. The third-order valence-corrected chi connectivity index (χ3v) is 4.29. The minimum atomic E-state index is -0.0699. The van der Waals surface area contributed by atoms with Crippen molar-refractivity contribution in [1.29, 1.82) is 0 Å². The van der Waals surface area contributed by atoms with Crippen molar-refractivity contribution in [2.45, 2.75) is 25.9 Å². The van der Waals surface area contributed by atoms with Crippen molar-refractivity contribution in [3.8, 4) is 5.75 Å². The summed E-state index contributed by atoms with van der Waals surface area (Å²) < 4.78 is 5.12. The van der Waals surface area contributed by atoms with Crippen LogP contribution in [0.25, 0.3) is 0 Å². The molecule has 1 aromatic carbocycles. The number of methoxy groups -OCH3 is 1. The van der Waals surface area contributed by atoms with Crippen LogP contribution in [-0.2, 0) is 0 Å². The second kappa shape index (κ2) is 6.37. The summed E-state index contributed by atoms with van der Waals surface area (Å²) in [7, 11) is 3.77. The largest absolute Gasteiger partial charge is 0.497 e. The fourth-order valence-corrected chi connectivity index (χ4v) is 2.59. The van der Waals surface area contributed by atoms with Crippen LogP contribution in [0.5, 0.6) is 5.75 Å². The van der Waals surface area contributed by atoms with Crippen LogP contribution in [-0.4, -0.2) is 61.5 Å². The lowest BCUT2D eigenvalue weighted by atomic mass is 10.0. The summed E-state index contributed by atoms with van der Waals surface area (Å²) in [5.74, 6) is 0.965. The number of Topliss-reactive ketones (excluding diaryl/α,β-unsaturated/α-hetero) is 1. The van der Waals surface area contributed by atoms with Crippen LogP contribution in [0.3, 0.4) is 0 Å². The molecule has 1 aromatic rings. The molecule has 2 atom stereocenters. The maximum atomic E-state index is 12.5. The first-order valence-corrected chi connectivity index (χ1v) is 7.15. The van der Waals surface area contributed by atoms with Gasteiger partial charge in [0.25, 0.3) is 0 Å². The van der Waals surface area contributed by atoms with Gasteiger partial charge in [-0.2, -0.15) is 0 Å². The molecule has 110 valence electrons. The average Bonchev–Trinajstić information content (AvgIpc) is 2.48. The van der Waals surface area contributed by atoms with Crippen LogP contribution < -0.4 is 4.74 Å². The van der Waals surface area contributed by atoms with Gasteiger partial charge in [0, 0.05) is 31.2 Å². The molecule has 0 spiro atoms. The number of benzene rings is 1. The quantitative estimate of drug-likeness (QED) is 0.786. The van der Waals surface area contributed by atoms with Gasteiger partial charge in [0.1, 0.15) is 5.75 Å². The lowest BCUT2D eigenvalue weighted by Gasteiger charge is -2.40. The SMILES string of the molecule is COc1ccc(C(=O)C(C)N2CCN(C)C(C)C2)cc1. The number of carbonyl (C=O) groups excluding carboxylic acids is 1. The lowest BCUT2D eigenvalue weighted by molar-refractivity contribution is 0.0603. The number of rotatable bonds is 4. The van der Waals surface area contributed by atoms with Crippen molar-refractivity contribution in [1.82, 2.24) is 9.80 Å². The molecular formula is C16H24N2O2. The van der Waals surface area contributed by atoms with Crippen LogP contribution in [0.1, 0.15) is 24.2 Å². The standard InChI is InChI=1S/C16H24N2O2/c1-12-11-18(10-9-17(12)3)13(2)16(19)14-5-7-15(20-4)8-6-14/h5-8,12-13H,9-11H2,1-4H3. The van der Waals surface area contributed by atoms with Gasteiger partial charge in [-0.3, -0.25) is 9.69 Å². The van der Waals surface area contributed by atoms with Crippen LogP contribution in [0.15, 0.2) is 24.3 Å². The topological polar surface area (TPSA) is 32.8 Å². The molecule has 0 N–H and O–H groups in total. The molecule has 20 heavy (non-hydrogen) atoms. The fourth-order valence-electron chi connectivity index (χ4n) is 2.59. The van der Waals surface area contributed by atoms with E-state index in [1.54, 1.807) is 7.11 Å². The Balaban J connectivity index is 2.04. The van der Waals surface area contributed by atoms with E-state index in [1.165, 1.54) is 0 Å². The highest BCUT2D eigenvalue weighted by atomic mass is 16.5. The summed E-state index contributed by atoms with van der Waals surface area (Å²) in [6.45, 7) is 7.12. The van der Waals surface area contributed by atoms with Gasteiger partial charge in [-0.25, -0.2) is 0 Å². The van der Waals surface area contributed by atoms with Gasteiger partial charge in [-0.05, 0) is 45.2 Å². The van der Waals surface area contributed by atoms with E-state index in [4.69, 9.17) is 4.74 Å². The second-order valence-electron chi connectivity index (χ2n) is 5.59. The second-order valence-corrected chi connectivity index (χ2v) is 5.59. The minimum absolute atomic E-state index is 0.0699. The van der Waals surface area contributed by atoms with Gasteiger partial charge < -0.3 is 9.64 Å². The number of piperazine rings is 1. The van der Waals surface area contributed by atoms with E-state index in [-0.39, 0.29) is 11.8 Å². The summed E-state index contributed by atoms with van der Waals surface area (Å²) in [5.41, 5.74) is 0.755. The molecule has 4 heteroatoms. The van der Waals surface area contributed by atoms with Crippen molar-refractivity contribution < 1.29 is 9.53 Å². The van der Waals surface area contributed by atoms with Gasteiger partial charge in [0.15, 0.2) is 5.78 Å². The van der Waals surface area contributed by atoms with Crippen molar-refractivity contribution in [2.24, 2.45) is 0 Å². The maximum Gasteiger partial charge on any atom is 0.179 e. The zero-order valence-corrected chi connectivity index (χ0v) is 12.8. The molecule has 0 aliphatic carbocycles. The third-order valence-electron chi connectivity index (χ3n) is 4.29. The van der Waals surface area contributed by atoms with Crippen molar-refractivity contribution in [3.63, 3.8) is 0 Å². The van der Waals surface area contributed by atoms with Crippen LogP contribution in [0.4, 0.5) is 0 Å². The van der Waals surface area contributed by atoms with Gasteiger partial charge in [0.2, 0.25) is 0 Å². The van der Waals surface area contributed by atoms with Crippen molar-refractivity contribution in [2.75, 3.05) is 33.8 Å². The van der Waals surface area contributed by atoms with Crippen molar-refractivity contribution >= 4 is 5.78 Å². The highest BCUT2D eigenvalue weighted by Gasteiger charge is 2.28. The Hall–Kier alpha value is -1.39. The lowest BCUT2D eigenvalue weighted by Crippen LogP contribution is -2.54. The van der Waals surface area contributed by atoms with Crippen LogP contribution in [0.2, 0.25) is 0 Å². The molecule has 0 radical (unpaired) electrons. The Morgan fingerprint density at radius 3 is 2.50 bits per heavy atom. The monoisotopic (exact) mass is 276 g/mol. The molecule has 4 nitrogen and oxygen atoms in total. The average molecular weight is 276 g/mol. The molecule has 1 aliphatic rings. The maximum absolute atomic E-state index is 12.5.